The molecule has 2 saturated heterocycles. The van der Waals surface area contributed by atoms with Crippen LogP contribution in [0.2, 0.25) is 0 Å². The van der Waals surface area contributed by atoms with Gasteiger partial charge in [-0.2, -0.15) is 9.07 Å². The van der Waals surface area contributed by atoms with E-state index in [0.717, 1.165) is 41.5 Å². The lowest BCUT2D eigenvalue weighted by Crippen LogP contribution is -2.43. The second-order valence-electron chi connectivity index (χ2n) is 9.41. The number of nitrogen functional groups attached to an aromatic ring is 1. The molecule has 0 amide bonds. The third-order valence-corrected chi connectivity index (χ3v) is 7.34. The normalized spacial score (nSPS) is 21.6. The van der Waals surface area contributed by atoms with Gasteiger partial charge in [0, 0.05) is 23.8 Å². The Balaban J connectivity index is 1.31. The fraction of sp³-hybridized carbons (Fsp3) is 0.308. The lowest BCUT2D eigenvalue weighted by molar-refractivity contribution is 0.0631. The van der Waals surface area contributed by atoms with E-state index in [2.05, 4.69) is 32.5 Å². The van der Waals surface area contributed by atoms with Crippen LogP contribution in [0.1, 0.15) is 25.7 Å². The number of benzene rings is 2. The molecule has 184 valence electrons. The minimum absolute atomic E-state index is 0.105. The summed E-state index contributed by atoms with van der Waals surface area (Å²) in [6, 6.07) is 15.1. The Labute approximate surface area is 206 Å². The molecule has 36 heavy (non-hydrogen) atoms. The number of hydrogen-bond donors (Lipinski definition) is 1. The van der Waals surface area contributed by atoms with E-state index in [1.165, 1.54) is 12.1 Å². The zero-order valence-electron chi connectivity index (χ0n) is 19.7. The molecule has 0 aliphatic carbocycles. The Kier molecular flexibility index (Phi) is 5.60. The average molecular weight is 490 g/mol. The standard InChI is InChI=1S/C26H25F2N7O/c1-34-17-7-8-18(34)13-19(12-17)36-22-10-9-21(23(27)24(22)28)35-26(31-32-33-35)20-11-16(14-30-25(20)29)15-5-3-2-4-6-15/h2-6,9-11,14,17-19H,7-8,12-13H2,1H3,(H2,29,30). The van der Waals surface area contributed by atoms with E-state index in [9.17, 15) is 0 Å². The summed E-state index contributed by atoms with van der Waals surface area (Å²) in [6.07, 6.45) is 5.33. The number of tetrazole rings is 1. The first-order valence-corrected chi connectivity index (χ1v) is 12.0. The maximum Gasteiger partial charge on any atom is 0.202 e. The molecule has 10 heteroatoms. The number of rotatable bonds is 5. The summed E-state index contributed by atoms with van der Waals surface area (Å²) in [7, 11) is 2.12. The molecular weight excluding hydrogens is 464 g/mol. The highest BCUT2D eigenvalue weighted by Gasteiger charge is 2.39. The van der Waals surface area contributed by atoms with Crippen molar-refractivity contribution in [2.24, 2.45) is 0 Å². The molecule has 2 fully saturated rings. The number of halogens is 2. The van der Waals surface area contributed by atoms with E-state index in [1.54, 1.807) is 12.3 Å². The number of pyridine rings is 1. The quantitative estimate of drug-likeness (QED) is 0.448. The van der Waals surface area contributed by atoms with Crippen LogP contribution in [0.5, 0.6) is 5.75 Å². The van der Waals surface area contributed by atoms with Crippen molar-refractivity contribution in [1.82, 2.24) is 30.1 Å². The first-order chi connectivity index (χ1) is 17.5. The molecule has 4 aromatic rings. The molecule has 2 N–H and O–H groups in total. The first-order valence-electron chi connectivity index (χ1n) is 12.0. The van der Waals surface area contributed by atoms with Crippen LogP contribution < -0.4 is 10.5 Å². The zero-order chi connectivity index (χ0) is 24.8. The predicted molar refractivity (Wildman–Crippen MR) is 130 cm³/mol. The Morgan fingerprint density at radius 2 is 1.72 bits per heavy atom. The monoisotopic (exact) mass is 489 g/mol. The van der Waals surface area contributed by atoms with Crippen molar-refractivity contribution in [2.45, 2.75) is 43.9 Å². The molecule has 6 rings (SSSR count). The van der Waals surface area contributed by atoms with E-state index < -0.39 is 11.6 Å². The van der Waals surface area contributed by atoms with E-state index in [4.69, 9.17) is 10.5 Å². The summed E-state index contributed by atoms with van der Waals surface area (Å²) < 4.78 is 37.5. The highest BCUT2D eigenvalue weighted by atomic mass is 19.2. The van der Waals surface area contributed by atoms with Crippen molar-refractivity contribution in [3.63, 3.8) is 0 Å². The number of hydrogen-bond acceptors (Lipinski definition) is 7. The van der Waals surface area contributed by atoms with Crippen molar-refractivity contribution in [2.75, 3.05) is 12.8 Å². The molecular formula is C26H25F2N7O. The maximum atomic E-state index is 15.3. The number of ether oxygens (including phenoxy) is 1. The highest BCUT2D eigenvalue weighted by molar-refractivity contribution is 5.76. The Morgan fingerprint density at radius 1 is 0.972 bits per heavy atom. The van der Waals surface area contributed by atoms with Crippen LogP contribution in [0.25, 0.3) is 28.2 Å². The summed E-state index contributed by atoms with van der Waals surface area (Å²) in [6.45, 7) is 0. The van der Waals surface area contributed by atoms with Crippen molar-refractivity contribution in [3.05, 3.63) is 66.4 Å². The van der Waals surface area contributed by atoms with Gasteiger partial charge in [0.15, 0.2) is 17.4 Å². The highest BCUT2D eigenvalue weighted by Crippen LogP contribution is 2.37. The third-order valence-electron chi connectivity index (χ3n) is 7.34. The topological polar surface area (TPSA) is 95.0 Å². The van der Waals surface area contributed by atoms with Gasteiger partial charge < -0.3 is 15.4 Å². The van der Waals surface area contributed by atoms with Gasteiger partial charge in [0.2, 0.25) is 5.82 Å². The first kappa shape index (κ1) is 22.5. The van der Waals surface area contributed by atoms with Gasteiger partial charge in [0.05, 0.1) is 5.56 Å². The molecule has 4 heterocycles. The van der Waals surface area contributed by atoms with Crippen LogP contribution in [-0.4, -0.2) is 55.3 Å². The van der Waals surface area contributed by atoms with Crippen LogP contribution in [-0.2, 0) is 0 Å². The average Bonchev–Trinajstić information content (AvgIpc) is 3.43. The van der Waals surface area contributed by atoms with Gasteiger partial charge in [-0.15, -0.1) is 5.10 Å². The Bertz CT molecular complexity index is 1400. The van der Waals surface area contributed by atoms with Crippen LogP contribution in [0, 0.1) is 11.6 Å². The van der Waals surface area contributed by atoms with Gasteiger partial charge in [0.25, 0.3) is 0 Å². The lowest BCUT2D eigenvalue weighted by Gasteiger charge is -2.36. The summed E-state index contributed by atoms with van der Waals surface area (Å²) in [5, 5.41) is 11.6. The minimum Gasteiger partial charge on any atom is -0.487 e. The lowest BCUT2D eigenvalue weighted by atomic mass is 10.0. The van der Waals surface area contributed by atoms with Crippen LogP contribution in [0.15, 0.2) is 54.7 Å². The molecule has 2 aromatic heterocycles. The summed E-state index contributed by atoms with van der Waals surface area (Å²) in [5.74, 6) is -1.95. The third kappa shape index (κ3) is 3.87. The molecule has 2 aliphatic heterocycles. The Morgan fingerprint density at radius 3 is 2.47 bits per heavy atom. The number of nitrogens with two attached hydrogens (primary N) is 1. The molecule has 0 radical (unpaired) electrons. The predicted octanol–water partition coefficient (Wildman–Crippen LogP) is 4.26. The minimum atomic E-state index is -1.09. The molecule has 0 spiro atoms. The van der Waals surface area contributed by atoms with Gasteiger partial charge >= 0.3 is 0 Å². The molecule has 2 aromatic carbocycles. The number of nitrogens with zero attached hydrogens (tertiary/aromatic N) is 6. The number of aromatic nitrogens is 5. The van der Waals surface area contributed by atoms with Crippen LogP contribution >= 0.6 is 0 Å². The molecule has 2 bridgehead atoms. The molecule has 2 unspecified atom stereocenters. The molecule has 2 aliphatic rings. The van der Waals surface area contributed by atoms with Gasteiger partial charge in [-0.1, -0.05) is 30.3 Å². The van der Waals surface area contributed by atoms with Crippen molar-refractivity contribution >= 4 is 5.82 Å². The maximum absolute atomic E-state index is 15.3. The smallest absolute Gasteiger partial charge is 0.202 e. The summed E-state index contributed by atoms with van der Waals surface area (Å²) in [4.78, 5) is 6.63. The SMILES string of the molecule is CN1C2CCC1CC(Oc1ccc(-n3nnnc3-c3cc(-c4ccccc4)cnc3N)c(F)c1F)C2. The van der Waals surface area contributed by atoms with E-state index in [0.29, 0.717) is 17.6 Å². The summed E-state index contributed by atoms with van der Waals surface area (Å²) in [5.41, 5.74) is 8.10. The number of fused-ring (bicyclic) bond motifs is 2. The fourth-order valence-electron chi connectivity index (χ4n) is 5.37. The summed E-state index contributed by atoms with van der Waals surface area (Å²) >= 11 is 0. The van der Waals surface area contributed by atoms with Gasteiger partial charge in [-0.25, -0.2) is 9.37 Å². The van der Waals surface area contributed by atoms with Crippen molar-refractivity contribution in [3.8, 4) is 34.0 Å². The molecule has 8 nitrogen and oxygen atoms in total. The van der Waals surface area contributed by atoms with Gasteiger partial charge in [0.1, 0.15) is 17.6 Å². The zero-order valence-corrected chi connectivity index (χ0v) is 19.7. The Hall–Kier alpha value is -3.92. The molecule has 0 saturated carbocycles. The van der Waals surface area contributed by atoms with Crippen LogP contribution in [0.3, 0.4) is 0 Å². The van der Waals surface area contributed by atoms with Crippen molar-refractivity contribution < 1.29 is 13.5 Å². The second-order valence-corrected chi connectivity index (χ2v) is 9.41. The van der Waals surface area contributed by atoms with Gasteiger partial charge in [-0.3, -0.25) is 0 Å². The van der Waals surface area contributed by atoms with Crippen molar-refractivity contribution in [1.29, 1.82) is 0 Å². The van der Waals surface area contributed by atoms with E-state index in [1.807, 2.05) is 30.3 Å². The fourth-order valence-corrected chi connectivity index (χ4v) is 5.37. The number of piperidine rings is 1. The molecule has 2 atom stereocenters. The second kappa shape index (κ2) is 8.94. The van der Waals surface area contributed by atoms with E-state index >= 15 is 8.78 Å². The largest absolute Gasteiger partial charge is 0.487 e. The number of anilines is 1. The van der Waals surface area contributed by atoms with Crippen LogP contribution in [0.4, 0.5) is 14.6 Å². The van der Waals surface area contributed by atoms with E-state index in [-0.39, 0.29) is 29.2 Å². The van der Waals surface area contributed by atoms with Gasteiger partial charge in [-0.05, 0) is 66.9 Å².